The zero-order valence-corrected chi connectivity index (χ0v) is 12.2. The van der Waals surface area contributed by atoms with Crippen LogP contribution in [0.1, 0.15) is 23.0 Å². The summed E-state index contributed by atoms with van der Waals surface area (Å²) in [5.41, 5.74) is 1.24. The predicted molar refractivity (Wildman–Crippen MR) is 78.7 cm³/mol. The quantitative estimate of drug-likeness (QED) is 0.694. The number of nitro benzene ring substituents is 1. The van der Waals surface area contributed by atoms with Crippen LogP contribution in [0.5, 0.6) is 0 Å². The third kappa shape index (κ3) is 3.03. The molecule has 2 aromatic rings. The molecule has 1 aromatic heterocycles. The monoisotopic (exact) mass is 308 g/mol. The lowest BCUT2D eigenvalue weighted by atomic mass is 10.2. The van der Waals surface area contributed by atoms with Crippen molar-refractivity contribution in [1.82, 2.24) is 9.78 Å². The Hall–Kier alpha value is -2.41. The minimum absolute atomic E-state index is 0.00784. The zero-order chi connectivity index (χ0) is 15.6. The number of aryl methyl sites for hydroxylation is 1. The number of nitrogens with one attached hydrogen (secondary N) is 1. The van der Waals surface area contributed by atoms with Crippen LogP contribution in [-0.4, -0.2) is 20.6 Å². The highest BCUT2D eigenvalue weighted by Gasteiger charge is 2.17. The number of rotatable bonds is 4. The Kier molecular flexibility index (Phi) is 4.23. The Morgan fingerprint density at radius 2 is 2.24 bits per heavy atom. The fourth-order valence-corrected chi connectivity index (χ4v) is 2.06. The number of hydrogen-bond acceptors (Lipinski definition) is 4. The van der Waals surface area contributed by atoms with E-state index in [1.165, 1.54) is 12.1 Å². The first-order valence-corrected chi connectivity index (χ1v) is 6.59. The van der Waals surface area contributed by atoms with Gasteiger partial charge in [0.05, 0.1) is 22.5 Å². The van der Waals surface area contributed by atoms with Crippen molar-refractivity contribution in [2.24, 2.45) is 0 Å². The molecule has 0 radical (unpaired) electrons. The molecule has 0 spiro atoms. The van der Waals surface area contributed by atoms with Gasteiger partial charge in [-0.25, -0.2) is 0 Å². The van der Waals surface area contributed by atoms with Gasteiger partial charge in [-0.1, -0.05) is 11.6 Å². The lowest BCUT2D eigenvalue weighted by Gasteiger charge is -2.05. The number of amides is 1. The highest BCUT2D eigenvalue weighted by atomic mass is 35.5. The van der Waals surface area contributed by atoms with Gasteiger partial charge in [-0.15, -0.1) is 0 Å². The van der Waals surface area contributed by atoms with Gasteiger partial charge in [0.2, 0.25) is 0 Å². The van der Waals surface area contributed by atoms with Crippen LogP contribution in [-0.2, 0) is 6.54 Å². The zero-order valence-electron chi connectivity index (χ0n) is 11.5. The number of nitro groups is 1. The molecular formula is C13H13ClN4O3. The number of halogens is 1. The van der Waals surface area contributed by atoms with E-state index in [-0.39, 0.29) is 16.3 Å². The largest absolute Gasteiger partial charge is 0.319 e. The highest BCUT2D eigenvalue weighted by Crippen LogP contribution is 2.25. The minimum Gasteiger partial charge on any atom is -0.319 e. The second-order valence-electron chi connectivity index (χ2n) is 4.34. The molecular weight excluding hydrogens is 296 g/mol. The molecule has 0 atom stereocenters. The fraction of sp³-hybridized carbons (Fsp3) is 0.231. The Bertz CT molecular complexity index is 711. The maximum Gasteiger partial charge on any atom is 0.288 e. The number of carbonyl (C=O) groups is 1. The maximum absolute atomic E-state index is 12.1. The van der Waals surface area contributed by atoms with Crippen LogP contribution >= 0.6 is 11.6 Å². The molecule has 1 N–H and O–H groups in total. The number of anilines is 1. The van der Waals surface area contributed by atoms with Gasteiger partial charge >= 0.3 is 0 Å². The van der Waals surface area contributed by atoms with Crippen molar-refractivity contribution in [3.8, 4) is 0 Å². The van der Waals surface area contributed by atoms with E-state index in [1.807, 2.05) is 13.8 Å². The SMILES string of the molecule is CCn1ncc(NC(=O)c2ccc(Cl)c([N+](=O)[O-])c2)c1C. The van der Waals surface area contributed by atoms with Gasteiger partial charge in [0, 0.05) is 18.2 Å². The highest BCUT2D eigenvalue weighted by molar-refractivity contribution is 6.32. The third-order valence-corrected chi connectivity index (χ3v) is 3.38. The van der Waals surface area contributed by atoms with Crippen molar-refractivity contribution < 1.29 is 9.72 Å². The number of benzene rings is 1. The molecule has 8 heteroatoms. The Labute approximate surface area is 125 Å². The van der Waals surface area contributed by atoms with Crippen molar-refractivity contribution in [3.05, 3.63) is 50.8 Å². The molecule has 0 saturated carbocycles. The standard InChI is InChI=1S/C13H13ClN4O3/c1-3-17-8(2)11(7-15-17)16-13(19)9-4-5-10(14)12(6-9)18(20)21/h4-7H,3H2,1-2H3,(H,16,19). The van der Waals surface area contributed by atoms with Gasteiger partial charge in [-0.05, 0) is 26.0 Å². The van der Waals surface area contributed by atoms with E-state index in [2.05, 4.69) is 10.4 Å². The first-order chi connectivity index (χ1) is 9.93. The van der Waals surface area contributed by atoms with E-state index < -0.39 is 10.8 Å². The van der Waals surface area contributed by atoms with E-state index in [0.29, 0.717) is 12.2 Å². The van der Waals surface area contributed by atoms with Crippen LogP contribution in [0.2, 0.25) is 5.02 Å². The van der Waals surface area contributed by atoms with E-state index >= 15 is 0 Å². The number of hydrogen-bond donors (Lipinski definition) is 1. The van der Waals surface area contributed by atoms with Gasteiger partial charge in [0.25, 0.3) is 11.6 Å². The van der Waals surface area contributed by atoms with Gasteiger partial charge in [0.15, 0.2) is 0 Å². The van der Waals surface area contributed by atoms with E-state index in [0.717, 1.165) is 11.8 Å². The molecule has 21 heavy (non-hydrogen) atoms. The number of aromatic nitrogens is 2. The smallest absolute Gasteiger partial charge is 0.288 e. The molecule has 2 rings (SSSR count). The minimum atomic E-state index is -0.626. The summed E-state index contributed by atoms with van der Waals surface area (Å²) < 4.78 is 1.74. The fourth-order valence-electron chi connectivity index (χ4n) is 1.88. The van der Waals surface area contributed by atoms with Gasteiger partial charge in [-0.3, -0.25) is 19.6 Å². The topological polar surface area (TPSA) is 90.1 Å². The summed E-state index contributed by atoms with van der Waals surface area (Å²) in [5.74, 6) is -0.450. The molecule has 0 aliphatic carbocycles. The molecule has 0 fully saturated rings. The summed E-state index contributed by atoms with van der Waals surface area (Å²) >= 11 is 5.72. The average Bonchev–Trinajstić information content (AvgIpc) is 2.79. The maximum atomic E-state index is 12.1. The van der Waals surface area contributed by atoms with Crippen LogP contribution in [0.3, 0.4) is 0 Å². The second kappa shape index (κ2) is 5.92. The summed E-state index contributed by atoms with van der Waals surface area (Å²) in [7, 11) is 0. The second-order valence-corrected chi connectivity index (χ2v) is 4.74. The molecule has 0 bridgehead atoms. The van der Waals surface area contributed by atoms with E-state index in [1.54, 1.807) is 10.9 Å². The summed E-state index contributed by atoms with van der Waals surface area (Å²) in [6, 6.07) is 3.92. The molecule has 1 heterocycles. The average molecular weight is 309 g/mol. The lowest BCUT2D eigenvalue weighted by Crippen LogP contribution is -2.13. The first kappa shape index (κ1) is 15.0. The van der Waals surface area contributed by atoms with Crippen molar-refractivity contribution in [2.45, 2.75) is 20.4 Å². The van der Waals surface area contributed by atoms with Gasteiger partial charge < -0.3 is 5.32 Å². The molecule has 0 saturated heterocycles. The Morgan fingerprint density at radius 1 is 1.52 bits per heavy atom. The molecule has 0 aliphatic heterocycles. The Balaban J connectivity index is 2.26. The van der Waals surface area contributed by atoms with Crippen molar-refractivity contribution in [2.75, 3.05) is 5.32 Å². The molecule has 110 valence electrons. The number of nitrogens with zero attached hydrogens (tertiary/aromatic N) is 3. The van der Waals surface area contributed by atoms with Crippen LogP contribution in [0, 0.1) is 17.0 Å². The normalized spacial score (nSPS) is 10.4. The van der Waals surface area contributed by atoms with E-state index in [9.17, 15) is 14.9 Å². The van der Waals surface area contributed by atoms with Crippen molar-refractivity contribution in [3.63, 3.8) is 0 Å². The van der Waals surface area contributed by atoms with Gasteiger partial charge in [-0.2, -0.15) is 5.10 Å². The van der Waals surface area contributed by atoms with Gasteiger partial charge in [0.1, 0.15) is 5.02 Å². The summed E-state index contributed by atoms with van der Waals surface area (Å²) in [6.45, 7) is 4.46. The molecule has 0 unspecified atom stereocenters. The molecule has 0 aliphatic rings. The third-order valence-electron chi connectivity index (χ3n) is 3.06. The van der Waals surface area contributed by atoms with E-state index in [4.69, 9.17) is 11.6 Å². The summed E-state index contributed by atoms with van der Waals surface area (Å²) in [6.07, 6.45) is 1.54. The van der Waals surface area contributed by atoms with Crippen LogP contribution < -0.4 is 5.32 Å². The van der Waals surface area contributed by atoms with Crippen LogP contribution in [0.4, 0.5) is 11.4 Å². The van der Waals surface area contributed by atoms with Crippen molar-refractivity contribution in [1.29, 1.82) is 0 Å². The van der Waals surface area contributed by atoms with Crippen LogP contribution in [0.25, 0.3) is 0 Å². The predicted octanol–water partition coefficient (Wildman–Crippen LogP) is 3.03. The van der Waals surface area contributed by atoms with Crippen molar-refractivity contribution >= 4 is 28.9 Å². The van der Waals surface area contributed by atoms with Crippen LogP contribution in [0.15, 0.2) is 24.4 Å². The number of carbonyl (C=O) groups excluding carboxylic acids is 1. The first-order valence-electron chi connectivity index (χ1n) is 6.21. The Morgan fingerprint density at radius 3 is 2.81 bits per heavy atom. The summed E-state index contributed by atoms with van der Waals surface area (Å²) in [5, 5.41) is 17.6. The lowest BCUT2D eigenvalue weighted by molar-refractivity contribution is -0.384. The summed E-state index contributed by atoms with van der Waals surface area (Å²) in [4.78, 5) is 22.3. The molecule has 1 aromatic carbocycles. The molecule has 1 amide bonds. The molecule has 7 nitrogen and oxygen atoms in total.